The van der Waals surface area contributed by atoms with Crippen molar-refractivity contribution >= 4 is 0 Å². The van der Waals surface area contributed by atoms with Gasteiger partial charge in [-0.05, 0) is 37.0 Å². The summed E-state index contributed by atoms with van der Waals surface area (Å²) in [5.41, 5.74) is 6.60. The van der Waals surface area contributed by atoms with Gasteiger partial charge in [0, 0.05) is 11.6 Å². The van der Waals surface area contributed by atoms with Gasteiger partial charge < -0.3 is 5.73 Å². The average molecular weight is 241 g/mol. The Hall–Kier alpha value is -0.960. The quantitative estimate of drug-likeness (QED) is 0.825. The van der Waals surface area contributed by atoms with Gasteiger partial charge in [-0.3, -0.25) is 0 Å². The van der Waals surface area contributed by atoms with E-state index in [4.69, 9.17) is 5.73 Å². The first kappa shape index (κ1) is 14.1. The Labute approximate surface area is 102 Å². The summed E-state index contributed by atoms with van der Waals surface area (Å²) >= 11 is 0. The van der Waals surface area contributed by atoms with Crippen LogP contribution in [0.25, 0.3) is 0 Å². The molecule has 0 amide bonds. The monoisotopic (exact) mass is 241 g/mol. The minimum atomic E-state index is -0.434. The number of aryl methyl sites for hydroxylation is 1. The largest absolute Gasteiger partial charge is 0.324 e. The summed E-state index contributed by atoms with van der Waals surface area (Å²) in [5, 5.41) is 0. The van der Waals surface area contributed by atoms with Crippen LogP contribution in [0.3, 0.4) is 0 Å². The summed E-state index contributed by atoms with van der Waals surface area (Å²) in [4.78, 5) is 0. The average Bonchev–Trinajstić information content (AvgIpc) is 2.29. The molecule has 0 heterocycles. The Kier molecular flexibility index (Phi) is 5.06. The van der Waals surface area contributed by atoms with Crippen molar-refractivity contribution in [2.24, 2.45) is 11.7 Å². The lowest BCUT2D eigenvalue weighted by Gasteiger charge is -2.21. The third-order valence-electron chi connectivity index (χ3n) is 3.26. The zero-order valence-corrected chi connectivity index (χ0v) is 10.8. The molecule has 0 radical (unpaired) electrons. The summed E-state index contributed by atoms with van der Waals surface area (Å²) in [6, 6.07) is 2.02. The van der Waals surface area contributed by atoms with Crippen molar-refractivity contribution in [3.63, 3.8) is 0 Å². The van der Waals surface area contributed by atoms with Gasteiger partial charge in [-0.25, -0.2) is 8.78 Å². The summed E-state index contributed by atoms with van der Waals surface area (Å²) in [6.45, 7) is 5.64. The van der Waals surface area contributed by atoms with Crippen LogP contribution in [0.1, 0.15) is 50.3 Å². The molecule has 2 unspecified atom stereocenters. The van der Waals surface area contributed by atoms with Gasteiger partial charge in [0.1, 0.15) is 11.6 Å². The summed E-state index contributed by atoms with van der Waals surface area (Å²) in [7, 11) is 0. The summed E-state index contributed by atoms with van der Waals surface area (Å²) in [5.74, 6) is -0.633. The minimum absolute atomic E-state index is 0.159. The molecule has 1 rings (SSSR count). The SMILES string of the molecule is CCCCC(C)C(N)c1cc(F)c(C)cc1F. The van der Waals surface area contributed by atoms with Crippen molar-refractivity contribution in [3.8, 4) is 0 Å². The van der Waals surface area contributed by atoms with Crippen LogP contribution >= 0.6 is 0 Å². The fraction of sp³-hybridized carbons (Fsp3) is 0.571. The molecular formula is C14H21F2N. The smallest absolute Gasteiger partial charge is 0.128 e. The van der Waals surface area contributed by atoms with E-state index in [1.165, 1.54) is 12.1 Å². The summed E-state index contributed by atoms with van der Waals surface area (Å²) in [6.07, 6.45) is 3.08. The van der Waals surface area contributed by atoms with E-state index in [1.807, 2.05) is 6.92 Å². The van der Waals surface area contributed by atoms with Crippen molar-refractivity contribution < 1.29 is 8.78 Å². The van der Waals surface area contributed by atoms with Crippen LogP contribution in [0, 0.1) is 24.5 Å². The van der Waals surface area contributed by atoms with Crippen LogP contribution in [0.2, 0.25) is 0 Å². The zero-order valence-electron chi connectivity index (χ0n) is 10.8. The van der Waals surface area contributed by atoms with Crippen LogP contribution in [-0.4, -0.2) is 0 Å². The lowest BCUT2D eigenvalue weighted by Crippen LogP contribution is -2.20. The van der Waals surface area contributed by atoms with Gasteiger partial charge in [-0.15, -0.1) is 0 Å². The molecule has 0 aromatic heterocycles. The van der Waals surface area contributed by atoms with Crippen LogP contribution in [0.5, 0.6) is 0 Å². The minimum Gasteiger partial charge on any atom is -0.324 e. The molecule has 17 heavy (non-hydrogen) atoms. The Morgan fingerprint density at radius 2 is 1.88 bits per heavy atom. The Morgan fingerprint density at radius 3 is 2.47 bits per heavy atom. The topological polar surface area (TPSA) is 26.0 Å². The maximum absolute atomic E-state index is 13.7. The van der Waals surface area contributed by atoms with E-state index in [0.29, 0.717) is 5.56 Å². The van der Waals surface area contributed by atoms with Crippen molar-refractivity contribution in [2.75, 3.05) is 0 Å². The first-order valence-corrected chi connectivity index (χ1v) is 6.18. The van der Waals surface area contributed by atoms with Crippen molar-refractivity contribution in [3.05, 3.63) is 34.9 Å². The second-order valence-electron chi connectivity index (χ2n) is 4.77. The fourth-order valence-corrected chi connectivity index (χ4v) is 1.93. The highest BCUT2D eigenvalue weighted by Crippen LogP contribution is 2.27. The van der Waals surface area contributed by atoms with Crippen LogP contribution in [-0.2, 0) is 0 Å². The fourth-order valence-electron chi connectivity index (χ4n) is 1.93. The molecule has 3 heteroatoms. The molecule has 0 aliphatic rings. The van der Waals surface area contributed by atoms with Gasteiger partial charge in [0.15, 0.2) is 0 Å². The number of nitrogens with two attached hydrogens (primary N) is 1. The highest BCUT2D eigenvalue weighted by atomic mass is 19.1. The molecule has 1 aromatic carbocycles. The standard InChI is InChI=1S/C14H21F2N/c1-4-5-6-9(2)14(17)11-8-12(15)10(3)7-13(11)16/h7-9,14H,4-6,17H2,1-3H3. The number of unbranched alkanes of at least 4 members (excludes halogenated alkanes) is 1. The Bertz CT molecular complexity index is 377. The molecule has 0 fully saturated rings. The molecule has 0 saturated carbocycles. The van der Waals surface area contributed by atoms with E-state index in [2.05, 4.69) is 6.92 Å². The molecule has 1 nitrogen and oxygen atoms in total. The normalized spacial score (nSPS) is 14.7. The predicted molar refractivity (Wildman–Crippen MR) is 66.7 cm³/mol. The third-order valence-corrected chi connectivity index (χ3v) is 3.26. The van der Waals surface area contributed by atoms with Gasteiger partial charge in [-0.2, -0.15) is 0 Å². The molecule has 0 aliphatic heterocycles. The molecule has 96 valence electrons. The first-order chi connectivity index (χ1) is 7.97. The molecule has 2 N–H and O–H groups in total. The predicted octanol–water partition coefficient (Wildman–Crippen LogP) is 4.10. The van der Waals surface area contributed by atoms with E-state index >= 15 is 0 Å². The second-order valence-corrected chi connectivity index (χ2v) is 4.77. The Balaban J connectivity index is 2.88. The van der Waals surface area contributed by atoms with E-state index < -0.39 is 11.9 Å². The molecular weight excluding hydrogens is 220 g/mol. The molecule has 1 aromatic rings. The van der Waals surface area contributed by atoms with E-state index in [-0.39, 0.29) is 17.3 Å². The van der Waals surface area contributed by atoms with Gasteiger partial charge >= 0.3 is 0 Å². The summed E-state index contributed by atoms with van der Waals surface area (Å²) < 4.78 is 27.1. The number of halogens is 2. The van der Waals surface area contributed by atoms with Gasteiger partial charge in [0.05, 0.1) is 0 Å². The maximum Gasteiger partial charge on any atom is 0.128 e. The van der Waals surface area contributed by atoms with Crippen LogP contribution < -0.4 is 5.73 Å². The highest BCUT2D eigenvalue weighted by Gasteiger charge is 2.19. The van der Waals surface area contributed by atoms with Crippen molar-refractivity contribution in [1.29, 1.82) is 0 Å². The van der Waals surface area contributed by atoms with E-state index in [0.717, 1.165) is 19.3 Å². The van der Waals surface area contributed by atoms with Gasteiger partial charge in [-0.1, -0.05) is 26.7 Å². The maximum atomic E-state index is 13.7. The molecule has 2 atom stereocenters. The van der Waals surface area contributed by atoms with Crippen molar-refractivity contribution in [2.45, 2.75) is 46.1 Å². The number of rotatable bonds is 5. The molecule has 0 saturated heterocycles. The van der Waals surface area contributed by atoms with E-state index in [1.54, 1.807) is 6.92 Å². The Morgan fingerprint density at radius 1 is 1.24 bits per heavy atom. The molecule has 0 bridgehead atoms. The van der Waals surface area contributed by atoms with Gasteiger partial charge in [0.25, 0.3) is 0 Å². The number of benzene rings is 1. The highest BCUT2D eigenvalue weighted by molar-refractivity contribution is 5.27. The molecule has 0 aliphatic carbocycles. The van der Waals surface area contributed by atoms with E-state index in [9.17, 15) is 8.78 Å². The lowest BCUT2D eigenvalue weighted by atomic mass is 9.90. The number of hydrogen-bond acceptors (Lipinski definition) is 1. The number of hydrogen-bond donors (Lipinski definition) is 1. The van der Waals surface area contributed by atoms with Gasteiger partial charge in [0.2, 0.25) is 0 Å². The van der Waals surface area contributed by atoms with Crippen molar-refractivity contribution in [1.82, 2.24) is 0 Å². The lowest BCUT2D eigenvalue weighted by molar-refractivity contribution is 0.408. The third kappa shape index (κ3) is 3.50. The molecule has 0 spiro atoms. The van der Waals surface area contributed by atoms with Crippen LogP contribution in [0.4, 0.5) is 8.78 Å². The van der Waals surface area contributed by atoms with Crippen LogP contribution in [0.15, 0.2) is 12.1 Å². The first-order valence-electron chi connectivity index (χ1n) is 6.18. The zero-order chi connectivity index (χ0) is 13.0. The second kappa shape index (κ2) is 6.10.